The van der Waals surface area contributed by atoms with Crippen LogP contribution in [-0.2, 0) is 28.5 Å². The predicted molar refractivity (Wildman–Crippen MR) is 63.9 cm³/mol. The molecule has 6 heteroatoms. The molecule has 0 bridgehead atoms. The van der Waals surface area contributed by atoms with Gasteiger partial charge in [-0.2, -0.15) is 0 Å². The fourth-order valence-corrected chi connectivity index (χ4v) is 1.19. The normalized spacial score (nSPS) is 10.4. The molecule has 0 radical (unpaired) electrons. The smallest absolute Gasteiger partial charge is 0.306 e. The lowest BCUT2D eigenvalue weighted by Crippen LogP contribution is -2.25. The van der Waals surface area contributed by atoms with Gasteiger partial charge in [0.2, 0.25) is 0 Å². The summed E-state index contributed by atoms with van der Waals surface area (Å²) in [6, 6.07) is 0. The van der Waals surface area contributed by atoms with Gasteiger partial charge in [-0.3, -0.25) is 9.59 Å². The second kappa shape index (κ2) is 11.0. The predicted octanol–water partition coefficient (Wildman–Crippen LogP) is 1.27. The number of rotatable bonds is 10. The van der Waals surface area contributed by atoms with Gasteiger partial charge in [0, 0.05) is 13.2 Å². The summed E-state index contributed by atoms with van der Waals surface area (Å²) in [5.41, 5.74) is 0. The maximum Gasteiger partial charge on any atom is 0.306 e. The highest BCUT2D eigenvalue weighted by Gasteiger charge is 2.13. The lowest BCUT2D eigenvalue weighted by molar-refractivity contribution is -0.180. The van der Waals surface area contributed by atoms with Gasteiger partial charge >= 0.3 is 11.9 Å². The topological polar surface area (TPSA) is 71.1 Å². The summed E-state index contributed by atoms with van der Waals surface area (Å²) >= 11 is 0. The van der Waals surface area contributed by atoms with E-state index in [0.29, 0.717) is 19.8 Å². The Morgan fingerprint density at radius 3 is 1.78 bits per heavy atom. The fourth-order valence-electron chi connectivity index (χ4n) is 1.19. The number of hydrogen-bond acceptors (Lipinski definition) is 6. The van der Waals surface area contributed by atoms with Crippen molar-refractivity contribution in [2.75, 3.05) is 26.4 Å². The fraction of sp³-hybridized carbons (Fsp3) is 0.833. The van der Waals surface area contributed by atoms with Crippen molar-refractivity contribution in [2.45, 2.75) is 39.9 Å². The molecule has 0 fully saturated rings. The zero-order valence-corrected chi connectivity index (χ0v) is 11.3. The lowest BCUT2D eigenvalue weighted by atomic mass is 10.3. The molecule has 0 heterocycles. The molecule has 18 heavy (non-hydrogen) atoms. The van der Waals surface area contributed by atoms with Crippen molar-refractivity contribution in [2.24, 2.45) is 0 Å². The summed E-state index contributed by atoms with van der Waals surface area (Å²) in [5.74, 6) is -0.868. The molecular weight excluding hydrogens is 240 g/mol. The van der Waals surface area contributed by atoms with E-state index >= 15 is 0 Å². The van der Waals surface area contributed by atoms with Gasteiger partial charge in [-0.1, -0.05) is 0 Å². The number of esters is 2. The zero-order chi connectivity index (χ0) is 13.8. The molecule has 0 spiro atoms. The number of ether oxygens (including phenoxy) is 4. The Morgan fingerprint density at radius 2 is 1.33 bits per heavy atom. The Bertz CT molecular complexity index is 235. The molecule has 0 aliphatic heterocycles. The van der Waals surface area contributed by atoms with E-state index in [9.17, 15) is 9.59 Å². The van der Waals surface area contributed by atoms with Gasteiger partial charge in [0.1, 0.15) is 6.61 Å². The van der Waals surface area contributed by atoms with Crippen molar-refractivity contribution >= 4 is 11.9 Å². The molecule has 0 unspecified atom stereocenters. The summed E-state index contributed by atoms with van der Waals surface area (Å²) in [4.78, 5) is 22.3. The maximum absolute atomic E-state index is 11.3. The van der Waals surface area contributed by atoms with Gasteiger partial charge in [-0.15, -0.1) is 0 Å². The van der Waals surface area contributed by atoms with Crippen LogP contribution in [0.5, 0.6) is 0 Å². The minimum atomic E-state index is -0.549. The molecule has 0 aromatic carbocycles. The van der Waals surface area contributed by atoms with Crippen LogP contribution in [0.25, 0.3) is 0 Å². The molecule has 0 aromatic heterocycles. The van der Waals surface area contributed by atoms with E-state index in [4.69, 9.17) is 18.9 Å². The summed E-state index contributed by atoms with van der Waals surface area (Å²) in [5, 5.41) is 0. The highest BCUT2D eigenvalue weighted by Crippen LogP contribution is 2.00. The third kappa shape index (κ3) is 8.95. The van der Waals surface area contributed by atoms with Crippen molar-refractivity contribution in [3.63, 3.8) is 0 Å². The molecular formula is C12H22O6. The van der Waals surface area contributed by atoms with Crippen LogP contribution in [0.4, 0.5) is 0 Å². The van der Waals surface area contributed by atoms with E-state index in [2.05, 4.69) is 0 Å². The first kappa shape index (κ1) is 16.9. The third-order valence-electron chi connectivity index (χ3n) is 1.92. The second-order valence-electron chi connectivity index (χ2n) is 3.33. The first-order valence-corrected chi connectivity index (χ1v) is 6.18. The summed E-state index contributed by atoms with van der Waals surface area (Å²) < 4.78 is 20.1. The number of hydrogen-bond donors (Lipinski definition) is 0. The highest BCUT2D eigenvalue weighted by molar-refractivity contribution is 5.77. The quantitative estimate of drug-likeness (QED) is 0.436. The van der Waals surface area contributed by atoms with Crippen LogP contribution in [0.1, 0.15) is 33.6 Å². The molecule has 0 N–H and O–H groups in total. The van der Waals surface area contributed by atoms with Crippen LogP contribution in [0.3, 0.4) is 0 Å². The van der Waals surface area contributed by atoms with Crippen molar-refractivity contribution in [3.05, 3.63) is 0 Å². The summed E-state index contributed by atoms with van der Waals surface area (Å²) in [7, 11) is 0. The minimum absolute atomic E-state index is 0.00377. The largest absolute Gasteiger partial charge is 0.466 e. The van der Waals surface area contributed by atoms with Crippen LogP contribution >= 0.6 is 0 Å². The molecule has 0 atom stereocenters. The maximum atomic E-state index is 11.3. The Hall–Kier alpha value is -1.14. The van der Waals surface area contributed by atoms with Gasteiger partial charge in [0.25, 0.3) is 0 Å². The summed E-state index contributed by atoms with van der Waals surface area (Å²) in [6.45, 7) is 6.66. The van der Waals surface area contributed by atoms with Crippen molar-refractivity contribution in [1.29, 1.82) is 0 Å². The van der Waals surface area contributed by atoms with Gasteiger partial charge < -0.3 is 18.9 Å². The van der Waals surface area contributed by atoms with Gasteiger partial charge in [0.05, 0.1) is 19.4 Å². The SMILES string of the molecule is CCOC(=O)CCC(=O)OCC(OCC)OCC. The zero-order valence-electron chi connectivity index (χ0n) is 11.3. The Kier molecular flexibility index (Phi) is 10.3. The molecule has 0 aliphatic carbocycles. The van der Waals surface area contributed by atoms with Gasteiger partial charge in [-0.05, 0) is 20.8 Å². The minimum Gasteiger partial charge on any atom is -0.466 e. The van der Waals surface area contributed by atoms with Crippen LogP contribution in [0.2, 0.25) is 0 Å². The molecule has 0 saturated heterocycles. The number of carbonyl (C=O) groups excluding carboxylic acids is 2. The monoisotopic (exact) mass is 262 g/mol. The first-order chi connectivity index (χ1) is 8.63. The van der Waals surface area contributed by atoms with E-state index in [1.54, 1.807) is 6.92 Å². The average Bonchev–Trinajstić information content (AvgIpc) is 2.34. The van der Waals surface area contributed by atoms with E-state index < -0.39 is 18.2 Å². The molecule has 106 valence electrons. The van der Waals surface area contributed by atoms with E-state index in [1.807, 2.05) is 13.8 Å². The number of carbonyl (C=O) groups is 2. The average molecular weight is 262 g/mol. The van der Waals surface area contributed by atoms with Crippen LogP contribution < -0.4 is 0 Å². The summed E-state index contributed by atoms with van der Waals surface area (Å²) in [6.07, 6.45) is -0.517. The molecule has 0 amide bonds. The van der Waals surface area contributed by atoms with Crippen LogP contribution in [0, 0.1) is 0 Å². The van der Waals surface area contributed by atoms with Crippen molar-refractivity contribution in [3.8, 4) is 0 Å². The Morgan fingerprint density at radius 1 is 0.833 bits per heavy atom. The molecule has 0 aliphatic rings. The van der Waals surface area contributed by atoms with E-state index in [1.165, 1.54) is 0 Å². The van der Waals surface area contributed by atoms with Crippen molar-refractivity contribution < 1.29 is 28.5 Å². The van der Waals surface area contributed by atoms with Crippen molar-refractivity contribution in [1.82, 2.24) is 0 Å². The van der Waals surface area contributed by atoms with Gasteiger partial charge in [0.15, 0.2) is 6.29 Å². The van der Waals surface area contributed by atoms with E-state index in [-0.39, 0.29) is 19.4 Å². The second-order valence-corrected chi connectivity index (χ2v) is 3.33. The molecule has 6 nitrogen and oxygen atoms in total. The molecule has 0 rings (SSSR count). The van der Waals surface area contributed by atoms with Gasteiger partial charge in [-0.25, -0.2) is 0 Å². The molecule has 0 aromatic rings. The standard InChI is InChI=1S/C12H22O6/c1-4-15-10(13)7-8-11(14)18-9-12(16-5-2)17-6-3/h12H,4-9H2,1-3H3. The first-order valence-electron chi connectivity index (χ1n) is 6.18. The highest BCUT2D eigenvalue weighted by atomic mass is 16.7. The lowest BCUT2D eigenvalue weighted by Gasteiger charge is -2.16. The van der Waals surface area contributed by atoms with E-state index in [0.717, 1.165) is 0 Å². The third-order valence-corrected chi connectivity index (χ3v) is 1.92. The molecule has 0 saturated carbocycles. The Balaban J connectivity index is 3.76. The van der Waals surface area contributed by atoms with Crippen LogP contribution in [-0.4, -0.2) is 44.7 Å². The Labute approximate surface area is 108 Å². The van der Waals surface area contributed by atoms with Crippen LogP contribution in [0.15, 0.2) is 0 Å².